The van der Waals surface area contributed by atoms with Crippen molar-refractivity contribution in [1.29, 1.82) is 0 Å². The number of hydrogen-bond acceptors (Lipinski definition) is 5. The average molecular weight is 275 g/mol. The van der Waals surface area contributed by atoms with Gasteiger partial charge in [0, 0.05) is 5.56 Å². The molecule has 2 rings (SSSR count). The molecule has 0 aliphatic rings. The van der Waals surface area contributed by atoms with Crippen LogP contribution < -0.4 is 10.1 Å². The van der Waals surface area contributed by atoms with Crippen LogP contribution in [0.5, 0.6) is 5.75 Å². The minimum Gasteiger partial charge on any atom is -0.496 e. The van der Waals surface area contributed by atoms with Gasteiger partial charge in [0.2, 0.25) is 11.8 Å². The molecule has 0 spiro atoms. The molecule has 108 valence electrons. The van der Waals surface area contributed by atoms with Crippen molar-refractivity contribution in [1.82, 2.24) is 15.5 Å². The Labute approximate surface area is 119 Å². The van der Waals surface area contributed by atoms with Crippen LogP contribution in [-0.2, 0) is 6.42 Å². The Kier molecular flexibility index (Phi) is 5.12. The zero-order valence-corrected chi connectivity index (χ0v) is 12.2. The first-order valence-corrected chi connectivity index (χ1v) is 6.92. The molecule has 20 heavy (non-hydrogen) atoms. The standard InChI is InChI=1S/C15H21N3O2/c1-4-9-16-11(2)15-18-17-14(20-15)10-12-7-5-6-8-13(12)19-3/h5-8,11,16H,4,9-10H2,1-3H3. The molecule has 0 fully saturated rings. The summed E-state index contributed by atoms with van der Waals surface area (Å²) < 4.78 is 11.0. The van der Waals surface area contributed by atoms with Crippen LogP contribution in [0.1, 0.15) is 43.7 Å². The van der Waals surface area contributed by atoms with Gasteiger partial charge in [-0.3, -0.25) is 0 Å². The lowest BCUT2D eigenvalue weighted by atomic mass is 10.1. The van der Waals surface area contributed by atoms with Crippen LogP contribution in [0.3, 0.4) is 0 Å². The molecular formula is C15H21N3O2. The van der Waals surface area contributed by atoms with Gasteiger partial charge in [-0.25, -0.2) is 0 Å². The summed E-state index contributed by atoms with van der Waals surface area (Å²) in [6.45, 7) is 5.09. The molecule has 1 N–H and O–H groups in total. The number of rotatable bonds is 7. The Bertz CT molecular complexity index is 539. The van der Waals surface area contributed by atoms with Gasteiger partial charge in [-0.15, -0.1) is 10.2 Å². The minimum atomic E-state index is 0.0777. The average Bonchev–Trinajstić information content (AvgIpc) is 2.94. The number of para-hydroxylation sites is 1. The summed E-state index contributed by atoms with van der Waals surface area (Å²) in [5, 5.41) is 11.5. The summed E-state index contributed by atoms with van der Waals surface area (Å²) in [4.78, 5) is 0. The van der Waals surface area contributed by atoms with E-state index in [0.29, 0.717) is 18.2 Å². The predicted octanol–water partition coefficient (Wildman–Crippen LogP) is 2.73. The van der Waals surface area contributed by atoms with E-state index < -0.39 is 0 Å². The molecule has 0 radical (unpaired) electrons. The van der Waals surface area contributed by atoms with Crippen molar-refractivity contribution in [3.8, 4) is 5.75 Å². The van der Waals surface area contributed by atoms with E-state index in [1.54, 1.807) is 7.11 Å². The van der Waals surface area contributed by atoms with Crippen LogP contribution in [0.4, 0.5) is 0 Å². The molecule has 1 atom stereocenters. The van der Waals surface area contributed by atoms with E-state index in [9.17, 15) is 0 Å². The fraction of sp³-hybridized carbons (Fsp3) is 0.467. The number of benzene rings is 1. The summed E-state index contributed by atoms with van der Waals surface area (Å²) >= 11 is 0. The van der Waals surface area contributed by atoms with Gasteiger partial charge >= 0.3 is 0 Å². The van der Waals surface area contributed by atoms with Gasteiger partial charge in [0.25, 0.3) is 0 Å². The molecule has 0 bridgehead atoms. The molecule has 0 saturated carbocycles. The Balaban J connectivity index is 2.05. The third kappa shape index (κ3) is 3.57. The first-order valence-electron chi connectivity index (χ1n) is 6.92. The van der Waals surface area contributed by atoms with E-state index in [-0.39, 0.29) is 6.04 Å². The Morgan fingerprint density at radius 2 is 2.10 bits per heavy atom. The van der Waals surface area contributed by atoms with E-state index >= 15 is 0 Å². The smallest absolute Gasteiger partial charge is 0.233 e. The SMILES string of the molecule is CCCNC(C)c1nnc(Cc2ccccc2OC)o1. The van der Waals surface area contributed by atoms with E-state index in [0.717, 1.165) is 24.3 Å². The Morgan fingerprint density at radius 1 is 1.30 bits per heavy atom. The normalized spacial score (nSPS) is 12.3. The molecule has 0 saturated heterocycles. The molecule has 1 heterocycles. The number of hydrogen-bond donors (Lipinski definition) is 1. The third-order valence-corrected chi connectivity index (χ3v) is 3.09. The quantitative estimate of drug-likeness (QED) is 0.842. The number of nitrogens with one attached hydrogen (secondary N) is 1. The van der Waals surface area contributed by atoms with Crippen LogP contribution >= 0.6 is 0 Å². The van der Waals surface area contributed by atoms with Gasteiger partial charge in [0.05, 0.1) is 19.6 Å². The van der Waals surface area contributed by atoms with Gasteiger partial charge < -0.3 is 14.5 Å². The monoisotopic (exact) mass is 275 g/mol. The second kappa shape index (κ2) is 7.05. The summed E-state index contributed by atoms with van der Waals surface area (Å²) in [6.07, 6.45) is 1.66. The molecule has 0 aliphatic heterocycles. The lowest BCUT2D eigenvalue weighted by Crippen LogP contribution is -2.19. The third-order valence-electron chi connectivity index (χ3n) is 3.09. The maximum atomic E-state index is 5.71. The predicted molar refractivity (Wildman–Crippen MR) is 76.8 cm³/mol. The highest BCUT2D eigenvalue weighted by Crippen LogP contribution is 2.21. The lowest BCUT2D eigenvalue weighted by molar-refractivity contribution is 0.391. The number of methoxy groups -OCH3 is 1. The molecule has 1 unspecified atom stereocenters. The molecule has 1 aromatic heterocycles. The maximum Gasteiger partial charge on any atom is 0.233 e. The van der Waals surface area contributed by atoms with Gasteiger partial charge in [0.15, 0.2) is 0 Å². The first kappa shape index (κ1) is 14.5. The minimum absolute atomic E-state index is 0.0777. The highest BCUT2D eigenvalue weighted by Gasteiger charge is 2.14. The fourth-order valence-electron chi connectivity index (χ4n) is 1.97. The van der Waals surface area contributed by atoms with E-state index in [1.165, 1.54) is 0 Å². The Hall–Kier alpha value is -1.88. The highest BCUT2D eigenvalue weighted by atomic mass is 16.5. The summed E-state index contributed by atoms with van der Waals surface area (Å²) in [7, 11) is 1.66. The van der Waals surface area contributed by atoms with Crippen LogP contribution in [0, 0.1) is 0 Å². The number of aromatic nitrogens is 2. The molecular weight excluding hydrogens is 254 g/mol. The molecule has 1 aromatic carbocycles. The van der Waals surface area contributed by atoms with Crippen LogP contribution in [-0.4, -0.2) is 23.9 Å². The van der Waals surface area contributed by atoms with Crippen molar-refractivity contribution < 1.29 is 9.15 Å². The maximum absolute atomic E-state index is 5.71. The van der Waals surface area contributed by atoms with Gasteiger partial charge in [-0.05, 0) is 26.0 Å². The molecule has 5 heteroatoms. The van der Waals surface area contributed by atoms with Gasteiger partial charge in [-0.2, -0.15) is 0 Å². The first-order chi connectivity index (χ1) is 9.74. The summed E-state index contributed by atoms with van der Waals surface area (Å²) in [6, 6.07) is 7.92. The molecule has 0 aliphatic carbocycles. The van der Waals surface area contributed by atoms with Crippen molar-refractivity contribution >= 4 is 0 Å². The van der Waals surface area contributed by atoms with Crippen molar-refractivity contribution in [3.05, 3.63) is 41.6 Å². The fourth-order valence-corrected chi connectivity index (χ4v) is 1.97. The van der Waals surface area contributed by atoms with Crippen molar-refractivity contribution in [3.63, 3.8) is 0 Å². The molecule has 5 nitrogen and oxygen atoms in total. The zero-order valence-electron chi connectivity index (χ0n) is 12.2. The summed E-state index contributed by atoms with van der Waals surface area (Å²) in [5.74, 6) is 2.07. The van der Waals surface area contributed by atoms with E-state index in [2.05, 4.69) is 22.4 Å². The number of ether oxygens (including phenoxy) is 1. The van der Waals surface area contributed by atoms with Crippen LogP contribution in [0.2, 0.25) is 0 Å². The van der Waals surface area contributed by atoms with Crippen molar-refractivity contribution in [2.45, 2.75) is 32.7 Å². The summed E-state index contributed by atoms with van der Waals surface area (Å²) in [5.41, 5.74) is 1.04. The lowest BCUT2D eigenvalue weighted by Gasteiger charge is -2.08. The van der Waals surface area contributed by atoms with Crippen molar-refractivity contribution in [2.75, 3.05) is 13.7 Å². The van der Waals surface area contributed by atoms with Crippen LogP contribution in [0.15, 0.2) is 28.7 Å². The second-order valence-electron chi connectivity index (χ2n) is 4.70. The zero-order chi connectivity index (χ0) is 14.4. The van der Waals surface area contributed by atoms with E-state index in [1.807, 2.05) is 31.2 Å². The molecule has 2 aromatic rings. The Morgan fingerprint density at radius 3 is 2.85 bits per heavy atom. The topological polar surface area (TPSA) is 60.2 Å². The van der Waals surface area contributed by atoms with Crippen molar-refractivity contribution in [2.24, 2.45) is 0 Å². The highest BCUT2D eigenvalue weighted by molar-refractivity contribution is 5.34. The van der Waals surface area contributed by atoms with Gasteiger partial charge in [0.1, 0.15) is 5.75 Å². The van der Waals surface area contributed by atoms with Crippen LogP contribution in [0.25, 0.3) is 0 Å². The van der Waals surface area contributed by atoms with E-state index in [4.69, 9.17) is 9.15 Å². The largest absolute Gasteiger partial charge is 0.496 e. The second-order valence-corrected chi connectivity index (χ2v) is 4.70. The molecule has 0 amide bonds. The van der Waals surface area contributed by atoms with Gasteiger partial charge in [-0.1, -0.05) is 25.1 Å². The number of nitrogens with zero attached hydrogens (tertiary/aromatic N) is 2.